The molecule has 1 N–H and O–H groups in total. The molecule has 0 saturated heterocycles. The Labute approximate surface area is 210 Å². The first kappa shape index (κ1) is 26.3. The van der Waals surface area contributed by atoms with Crippen LogP contribution in [0.25, 0.3) is 5.83 Å². The second-order valence-electron chi connectivity index (χ2n) is 7.95. The summed E-state index contributed by atoms with van der Waals surface area (Å²) in [7, 11) is 0. The van der Waals surface area contributed by atoms with Crippen LogP contribution in [0, 0.1) is 6.92 Å². The summed E-state index contributed by atoms with van der Waals surface area (Å²) in [4.78, 5) is 12.7. The lowest BCUT2D eigenvalue weighted by molar-refractivity contribution is 0.00669. The monoisotopic (exact) mass is 526 g/mol. The van der Waals surface area contributed by atoms with Gasteiger partial charge in [-0.2, -0.15) is 0 Å². The fourth-order valence-corrected chi connectivity index (χ4v) is 4.17. The summed E-state index contributed by atoms with van der Waals surface area (Å²) in [6, 6.07) is 14.9. The minimum absolute atomic E-state index is 0.00319. The van der Waals surface area contributed by atoms with Gasteiger partial charge in [-0.05, 0) is 47.9 Å². The lowest BCUT2D eigenvalue weighted by Gasteiger charge is -2.22. The number of aryl methyl sites for hydroxylation is 1. The Balaban J connectivity index is 1.95. The largest absolute Gasteiger partial charge is 0.380 e. The molecule has 3 aromatic carbocycles. The van der Waals surface area contributed by atoms with Crippen molar-refractivity contribution in [3.63, 3.8) is 0 Å². The van der Waals surface area contributed by atoms with E-state index in [0.29, 0.717) is 18.1 Å². The average molecular weight is 528 g/mol. The number of allylic oxidation sites excluding steroid dienone is 1. The Morgan fingerprint density at radius 2 is 1.56 bits per heavy atom. The highest BCUT2D eigenvalue weighted by molar-refractivity contribution is 6.48. The minimum Gasteiger partial charge on any atom is -0.380 e. The van der Waals surface area contributed by atoms with Crippen LogP contribution in [0.4, 0.5) is 13.2 Å². The predicted octanol–water partition coefficient (Wildman–Crippen LogP) is 8.62. The van der Waals surface area contributed by atoms with E-state index in [1.165, 1.54) is 30.3 Å². The Hall–Kier alpha value is -2.31. The Morgan fingerprint density at radius 1 is 0.971 bits per heavy atom. The molecule has 178 valence electrons. The van der Waals surface area contributed by atoms with E-state index in [1.54, 1.807) is 37.3 Å². The first-order chi connectivity index (χ1) is 15.9. The molecule has 0 aliphatic rings. The molecular weight excluding hydrogens is 508 g/mol. The van der Waals surface area contributed by atoms with Crippen LogP contribution in [-0.2, 0) is 0 Å². The SMILES string of the molecule is Cc1cc(/C(F)=C/C(c2cc(Cl)c(Cl)c(Cl)c2)C(C)(F)F)ccc1C(=O)C(O)c1ccccc1. The van der Waals surface area contributed by atoms with Crippen molar-refractivity contribution in [2.75, 3.05) is 0 Å². The van der Waals surface area contributed by atoms with Gasteiger partial charge in [0, 0.05) is 18.1 Å². The molecule has 3 aromatic rings. The quantitative estimate of drug-likeness (QED) is 0.247. The van der Waals surface area contributed by atoms with Gasteiger partial charge in [0.2, 0.25) is 0 Å². The van der Waals surface area contributed by atoms with Gasteiger partial charge in [0.1, 0.15) is 11.9 Å². The number of halogens is 6. The molecule has 3 rings (SSSR count). The second kappa shape index (κ2) is 10.5. The molecule has 0 saturated carbocycles. The van der Waals surface area contributed by atoms with Crippen molar-refractivity contribution >= 4 is 46.4 Å². The number of hydrogen-bond donors (Lipinski definition) is 1. The smallest absolute Gasteiger partial charge is 0.255 e. The number of rotatable bonds is 7. The fourth-order valence-electron chi connectivity index (χ4n) is 3.56. The van der Waals surface area contributed by atoms with Gasteiger partial charge in [-0.1, -0.05) is 77.3 Å². The molecule has 2 atom stereocenters. The highest BCUT2D eigenvalue weighted by Crippen LogP contribution is 2.41. The standard InChI is InChI=1S/C26H20Cl3F3O2/c1-14-10-16(8-9-18(14)25(34)24(33)15-6-4-3-5-7-15)22(30)13-19(26(2,31)32)17-11-20(27)23(29)21(28)12-17/h3-13,19,24,33H,1-2H3/b22-13-. The molecule has 0 aromatic heterocycles. The van der Waals surface area contributed by atoms with Crippen molar-refractivity contribution in [1.29, 1.82) is 0 Å². The molecule has 0 fully saturated rings. The van der Waals surface area contributed by atoms with E-state index >= 15 is 4.39 Å². The summed E-state index contributed by atoms with van der Waals surface area (Å²) in [5, 5.41) is 10.4. The molecule has 0 radical (unpaired) electrons. The molecule has 0 bridgehead atoms. The first-order valence-electron chi connectivity index (χ1n) is 10.2. The van der Waals surface area contributed by atoms with E-state index in [9.17, 15) is 18.7 Å². The van der Waals surface area contributed by atoms with Gasteiger partial charge in [0.25, 0.3) is 5.92 Å². The number of Topliss-reactive ketones (excluding diaryl/α,β-unsaturated/α-hetero) is 1. The second-order valence-corrected chi connectivity index (χ2v) is 9.15. The van der Waals surface area contributed by atoms with E-state index in [4.69, 9.17) is 34.8 Å². The van der Waals surface area contributed by atoms with Gasteiger partial charge in [-0.15, -0.1) is 0 Å². The zero-order chi connectivity index (χ0) is 25.2. The van der Waals surface area contributed by atoms with Crippen molar-refractivity contribution in [3.8, 4) is 0 Å². The highest BCUT2D eigenvalue weighted by Gasteiger charge is 2.35. The van der Waals surface area contributed by atoms with E-state index in [0.717, 1.165) is 6.08 Å². The van der Waals surface area contributed by atoms with Crippen molar-refractivity contribution in [2.45, 2.75) is 31.8 Å². The van der Waals surface area contributed by atoms with Gasteiger partial charge in [-0.25, -0.2) is 13.2 Å². The van der Waals surface area contributed by atoms with E-state index < -0.39 is 29.6 Å². The maximum atomic E-state index is 15.1. The zero-order valence-corrected chi connectivity index (χ0v) is 20.4. The third-order valence-electron chi connectivity index (χ3n) is 5.36. The number of carbonyl (C=O) groups is 1. The van der Waals surface area contributed by atoms with Crippen LogP contribution in [0.3, 0.4) is 0 Å². The molecule has 0 aliphatic heterocycles. The Kier molecular flexibility index (Phi) is 8.14. The third kappa shape index (κ3) is 5.84. The Morgan fingerprint density at radius 3 is 2.09 bits per heavy atom. The lowest BCUT2D eigenvalue weighted by atomic mass is 9.91. The summed E-state index contributed by atoms with van der Waals surface area (Å²) in [6.07, 6.45) is -0.598. The normalized spacial score (nSPS) is 14.1. The predicted molar refractivity (Wildman–Crippen MR) is 131 cm³/mol. The molecule has 34 heavy (non-hydrogen) atoms. The molecular formula is C26H20Cl3F3O2. The molecule has 8 heteroatoms. The van der Waals surface area contributed by atoms with Gasteiger partial charge >= 0.3 is 0 Å². The number of carbonyl (C=O) groups excluding carboxylic acids is 1. The third-order valence-corrected chi connectivity index (χ3v) is 6.55. The van der Waals surface area contributed by atoms with Crippen LogP contribution in [0.15, 0.2) is 66.7 Å². The van der Waals surface area contributed by atoms with Crippen LogP contribution in [-0.4, -0.2) is 16.8 Å². The van der Waals surface area contributed by atoms with Gasteiger partial charge in [0.15, 0.2) is 5.78 Å². The van der Waals surface area contributed by atoms with Crippen LogP contribution >= 0.6 is 34.8 Å². The Bertz CT molecular complexity index is 1210. The van der Waals surface area contributed by atoms with E-state index in [1.807, 2.05) is 0 Å². The number of hydrogen-bond acceptors (Lipinski definition) is 2. The van der Waals surface area contributed by atoms with Gasteiger partial charge < -0.3 is 5.11 Å². The molecule has 0 spiro atoms. The average Bonchev–Trinajstić information content (AvgIpc) is 2.79. The number of aliphatic hydroxyl groups excluding tert-OH is 1. The van der Waals surface area contributed by atoms with Crippen LogP contribution in [0.2, 0.25) is 15.1 Å². The topological polar surface area (TPSA) is 37.3 Å². The van der Waals surface area contributed by atoms with Crippen molar-refractivity contribution < 1.29 is 23.1 Å². The van der Waals surface area contributed by atoms with Crippen LogP contribution in [0.5, 0.6) is 0 Å². The molecule has 2 unspecified atom stereocenters. The zero-order valence-electron chi connectivity index (χ0n) is 18.1. The number of ketones is 1. The number of aliphatic hydroxyl groups is 1. The summed E-state index contributed by atoms with van der Waals surface area (Å²) in [5.41, 5.74) is 1.01. The maximum Gasteiger partial charge on any atom is 0.255 e. The highest BCUT2D eigenvalue weighted by atomic mass is 35.5. The van der Waals surface area contributed by atoms with Crippen LogP contribution < -0.4 is 0 Å². The molecule has 0 heterocycles. The van der Waals surface area contributed by atoms with Crippen LogP contribution in [0.1, 0.15) is 51.6 Å². The molecule has 0 amide bonds. The fraction of sp³-hybridized carbons (Fsp3) is 0.192. The van der Waals surface area contributed by atoms with Gasteiger partial charge in [0.05, 0.1) is 21.0 Å². The van der Waals surface area contributed by atoms with E-state index in [2.05, 4.69) is 0 Å². The summed E-state index contributed by atoms with van der Waals surface area (Å²) in [5.74, 6) is -6.49. The maximum absolute atomic E-state index is 15.1. The molecule has 0 aliphatic carbocycles. The summed E-state index contributed by atoms with van der Waals surface area (Å²) in [6.45, 7) is 2.24. The van der Waals surface area contributed by atoms with Crippen molar-refractivity contribution in [3.05, 3.63) is 110 Å². The van der Waals surface area contributed by atoms with Gasteiger partial charge in [-0.3, -0.25) is 4.79 Å². The van der Waals surface area contributed by atoms with Crippen molar-refractivity contribution in [1.82, 2.24) is 0 Å². The minimum atomic E-state index is -3.34. The van der Waals surface area contributed by atoms with Crippen molar-refractivity contribution in [2.24, 2.45) is 0 Å². The molecule has 2 nitrogen and oxygen atoms in total. The number of benzene rings is 3. The summed E-state index contributed by atoms with van der Waals surface area (Å²) < 4.78 is 43.9. The first-order valence-corrected chi connectivity index (χ1v) is 11.3. The van der Waals surface area contributed by atoms with E-state index in [-0.39, 0.29) is 31.8 Å². The lowest BCUT2D eigenvalue weighted by Crippen LogP contribution is -2.21. The number of alkyl halides is 2. The summed E-state index contributed by atoms with van der Waals surface area (Å²) >= 11 is 17.9.